The molecule has 1 amide bonds. The summed E-state index contributed by atoms with van der Waals surface area (Å²) in [4.78, 5) is 15.5. The van der Waals surface area contributed by atoms with Gasteiger partial charge in [-0.1, -0.05) is 5.16 Å². The second-order valence-electron chi connectivity index (χ2n) is 2.78. The lowest BCUT2D eigenvalue weighted by molar-refractivity contribution is -0.0358. The highest BCUT2D eigenvalue weighted by atomic mass is 32.2. The van der Waals surface area contributed by atoms with Gasteiger partial charge >= 0.3 is 11.6 Å². The number of amides is 1. The zero-order valence-electron chi connectivity index (χ0n) is 8.69. The number of carbonyl (C=O) groups excluding carboxylic acids is 1. The molecule has 4 nitrogen and oxygen atoms in total. The third-order valence-corrected chi connectivity index (χ3v) is 4.45. The molecule has 10 heteroatoms. The van der Waals surface area contributed by atoms with Crippen LogP contribution in [0.1, 0.15) is 0 Å². The maximum atomic E-state index is 11.9. The van der Waals surface area contributed by atoms with Crippen LogP contribution in [-0.2, 0) is 4.84 Å². The van der Waals surface area contributed by atoms with Crippen molar-refractivity contribution in [1.82, 2.24) is 4.31 Å². The minimum atomic E-state index is -4.52. The molecule has 0 aromatic heterocycles. The van der Waals surface area contributed by atoms with Crippen LogP contribution >= 0.6 is 35.5 Å². The first-order valence-electron chi connectivity index (χ1n) is 4.36. The van der Waals surface area contributed by atoms with Crippen molar-refractivity contribution in [3.05, 3.63) is 0 Å². The predicted molar refractivity (Wildman–Crippen MR) is 65.1 cm³/mol. The number of nitrogens with zero attached hydrogens (tertiary/aromatic N) is 2. The number of halogens is 3. The number of oxime groups is 1. The molecule has 0 unspecified atom stereocenters. The van der Waals surface area contributed by atoms with Gasteiger partial charge in [0.1, 0.15) is 5.04 Å². The molecule has 17 heavy (non-hydrogen) atoms. The third kappa shape index (κ3) is 6.32. The Kier molecular flexibility index (Phi) is 5.80. The van der Waals surface area contributed by atoms with Gasteiger partial charge in [-0.3, -0.25) is 4.84 Å². The summed E-state index contributed by atoms with van der Waals surface area (Å²) >= 11 is 2.49. The molecule has 1 heterocycles. The Morgan fingerprint density at radius 1 is 1.53 bits per heavy atom. The van der Waals surface area contributed by atoms with Gasteiger partial charge in [-0.2, -0.15) is 24.9 Å². The second kappa shape index (κ2) is 6.64. The average Bonchev–Trinajstić information content (AvgIpc) is 2.25. The molecule has 0 aliphatic carbocycles. The van der Waals surface area contributed by atoms with Gasteiger partial charge in [-0.15, -0.1) is 11.8 Å². The molecule has 0 N–H and O–H groups in total. The van der Waals surface area contributed by atoms with E-state index in [1.165, 1.54) is 11.8 Å². The normalized spacial score (nSPS) is 19.2. The highest BCUT2D eigenvalue weighted by molar-refractivity contribution is 8.18. The molecule has 1 aliphatic rings. The minimum absolute atomic E-state index is 0.352. The predicted octanol–water partition coefficient (Wildman–Crippen LogP) is 3.02. The Hall–Kier alpha value is -0.220. The van der Waals surface area contributed by atoms with Crippen molar-refractivity contribution < 1.29 is 22.8 Å². The molecule has 0 saturated carbocycles. The van der Waals surface area contributed by atoms with Crippen molar-refractivity contribution >= 4 is 46.6 Å². The lowest BCUT2D eigenvalue weighted by atomic mass is 10.9. The van der Waals surface area contributed by atoms with Gasteiger partial charge in [0.2, 0.25) is 0 Å². The van der Waals surface area contributed by atoms with Crippen LogP contribution in [-0.4, -0.2) is 45.3 Å². The first kappa shape index (κ1) is 14.8. The van der Waals surface area contributed by atoms with Gasteiger partial charge in [-0.25, -0.2) is 9.10 Å². The molecule has 1 aliphatic heterocycles. The quantitative estimate of drug-likeness (QED) is 0.446. The van der Waals surface area contributed by atoms with E-state index in [0.29, 0.717) is 15.1 Å². The Balaban J connectivity index is 2.38. The molecular formula is C7H9F3N2O2S3. The van der Waals surface area contributed by atoms with E-state index >= 15 is 0 Å². The van der Waals surface area contributed by atoms with Crippen LogP contribution in [0.3, 0.4) is 0 Å². The van der Waals surface area contributed by atoms with Crippen LogP contribution in [0.25, 0.3) is 0 Å². The second-order valence-corrected chi connectivity index (χ2v) is 6.24. The van der Waals surface area contributed by atoms with Crippen molar-refractivity contribution in [2.24, 2.45) is 5.16 Å². The summed E-state index contributed by atoms with van der Waals surface area (Å²) in [5.74, 6) is 2.46. The molecule has 0 radical (unpaired) electrons. The molecule has 0 bridgehead atoms. The number of hydrogen-bond acceptors (Lipinski definition) is 6. The van der Waals surface area contributed by atoms with Crippen molar-refractivity contribution in [3.8, 4) is 0 Å². The minimum Gasteiger partial charge on any atom is -0.296 e. The van der Waals surface area contributed by atoms with Gasteiger partial charge in [0.15, 0.2) is 0 Å². The lowest BCUT2D eigenvalue weighted by Crippen LogP contribution is -2.24. The molecule has 1 saturated heterocycles. The summed E-state index contributed by atoms with van der Waals surface area (Å²) in [6.07, 6.45) is -1.14. The molecule has 0 aromatic rings. The van der Waals surface area contributed by atoms with Gasteiger partial charge in [0.05, 0.1) is 11.9 Å². The third-order valence-electron chi connectivity index (χ3n) is 1.44. The van der Waals surface area contributed by atoms with Gasteiger partial charge in [0, 0.05) is 24.3 Å². The SMILES string of the molecule is CN(SC(F)(F)F)C(=O)ON=C1CSCCS1. The fraction of sp³-hybridized carbons (Fsp3) is 0.714. The number of alkyl halides is 3. The van der Waals surface area contributed by atoms with E-state index in [1.807, 2.05) is 0 Å². The Morgan fingerprint density at radius 3 is 2.76 bits per heavy atom. The van der Waals surface area contributed by atoms with E-state index < -0.39 is 23.5 Å². The number of thioether (sulfide) groups is 2. The van der Waals surface area contributed by atoms with Crippen LogP contribution in [0.2, 0.25) is 0 Å². The van der Waals surface area contributed by atoms with Gasteiger partial charge in [0.25, 0.3) is 0 Å². The molecule has 1 fully saturated rings. The molecule has 1 rings (SSSR count). The Labute approximate surface area is 109 Å². The standard InChI is InChI=1S/C7H9F3N2O2S3/c1-12(17-7(8,9)10)6(13)14-11-5-4-15-2-3-16-5/h2-4H2,1H3. The van der Waals surface area contributed by atoms with Crippen LogP contribution in [0.4, 0.5) is 18.0 Å². The topological polar surface area (TPSA) is 41.9 Å². The fourth-order valence-corrected chi connectivity index (χ4v) is 3.32. The summed E-state index contributed by atoms with van der Waals surface area (Å²) in [5.41, 5.74) is -4.52. The van der Waals surface area contributed by atoms with Crippen LogP contribution < -0.4 is 0 Å². The summed E-state index contributed by atoms with van der Waals surface area (Å²) in [5, 5.41) is 4.13. The van der Waals surface area contributed by atoms with Crippen LogP contribution in [0.5, 0.6) is 0 Å². The van der Waals surface area contributed by atoms with Crippen molar-refractivity contribution in [3.63, 3.8) is 0 Å². The fourth-order valence-electron chi connectivity index (χ4n) is 0.812. The van der Waals surface area contributed by atoms with Crippen molar-refractivity contribution in [2.45, 2.75) is 5.51 Å². The van der Waals surface area contributed by atoms with Crippen LogP contribution in [0.15, 0.2) is 5.16 Å². The largest absolute Gasteiger partial charge is 0.461 e. The van der Waals surface area contributed by atoms with Gasteiger partial charge in [-0.05, 0) is 0 Å². The Bertz CT molecular complexity index is 303. The maximum absolute atomic E-state index is 11.9. The molecule has 0 atom stereocenters. The number of carbonyl (C=O) groups is 1. The van der Waals surface area contributed by atoms with E-state index in [9.17, 15) is 18.0 Å². The monoisotopic (exact) mass is 306 g/mol. The van der Waals surface area contributed by atoms with E-state index in [1.54, 1.807) is 11.8 Å². The van der Waals surface area contributed by atoms with E-state index in [0.717, 1.165) is 18.6 Å². The highest BCUT2D eigenvalue weighted by Crippen LogP contribution is 2.32. The first-order chi connectivity index (χ1) is 7.88. The zero-order chi connectivity index (χ0) is 12.9. The van der Waals surface area contributed by atoms with E-state index in [4.69, 9.17) is 0 Å². The smallest absolute Gasteiger partial charge is 0.296 e. The molecular weight excluding hydrogens is 297 g/mol. The first-order valence-corrected chi connectivity index (χ1v) is 7.28. The van der Waals surface area contributed by atoms with Gasteiger partial charge < -0.3 is 0 Å². The average molecular weight is 306 g/mol. The number of hydrogen-bond donors (Lipinski definition) is 0. The van der Waals surface area contributed by atoms with Crippen molar-refractivity contribution in [1.29, 1.82) is 0 Å². The van der Waals surface area contributed by atoms with E-state index in [-0.39, 0.29) is 0 Å². The number of rotatable bonds is 2. The highest BCUT2D eigenvalue weighted by Gasteiger charge is 2.34. The van der Waals surface area contributed by atoms with E-state index in [2.05, 4.69) is 9.99 Å². The summed E-state index contributed by atoms with van der Waals surface area (Å²) in [6, 6.07) is 0. The molecule has 98 valence electrons. The maximum Gasteiger partial charge on any atom is 0.461 e. The summed E-state index contributed by atoms with van der Waals surface area (Å²) in [6.45, 7) is 0. The molecule has 0 aromatic carbocycles. The van der Waals surface area contributed by atoms with Crippen molar-refractivity contribution in [2.75, 3.05) is 24.3 Å². The lowest BCUT2D eigenvalue weighted by Gasteiger charge is -2.15. The summed E-state index contributed by atoms with van der Waals surface area (Å²) in [7, 11) is 0.976. The Morgan fingerprint density at radius 2 is 2.24 bits per heavy atom. The molecule has 0 spiro atoms. The van der Waals surface area contributed by atoms with Crippen LogP contribution in [0, 0.1) is 0 Å². The summed E-state index contributed by atoms with van der Waals surface area (Å²) < 4.78 is 36.1. The zero-order valence-corrected chi connectivity index (χ0v) is 11.1.